The number of aromatic nitrogens is 3. The summed E-state index contributed by atoms with van der Waals surface area (Å²) < 4.78 is 0. The standard InChI is InChI=1S/C49H33N3/c1-4-13-34(14-5-1)36-23-27-40(28-24-36)47-50-48(41-29-25-37(26-30-41)35-15-6-2-7-16-35)52-49(51-47)46-33-42(31-32-45(46)38-17-8-3-9-18-38)44-22-12-20-39-19-10-11-21-43(39)44/h1-33H. The Kier molecular flexibility index (Phi) is 8.20. The Labute approximate surface area is 303 Å². The molecule has 0 unspecified atom stereocenters. The van der Waals surface area contributed by atoms with Crippen molar-refractivity contribution in [1.29, 1.82) is 0 Å². The first-order chi connectivity index (χ1) is 25.8. The molecule has 9 rings (SSSR count). The molecule has 0 amide bonds. The highest BCUT2D eigenvalue weighted by Gasteiger charge is 2.18. The van der Waals surface area contributed by atoms with Gasteiger partial charge in [-0.05, 0) is 61.3 Å². The molecule has 8 aromatic carbocycles. The monoisotopic (exact) mass is 663 g/mol. The number of rotatable bonds is 7. The van der Waals surface area contributed by atoms with Crippen molar-refractivity contribution in [3.8, 4) is 78.7 Å². The third-order valence-corrected chi connectivity index (χ3v) is 9.58. The summed E-state index contributed by atoms with van der Waals surface area (Å²) in [6, 6.07) is 70.0. The van der Waals surface area contributed by atoms with Crippen molar-refractivity contribution in [2.45, 2.75) is 0 Å². The van der Waals surface area contributed by atoms with Crippen molar-refractivity contribution in [2.24, 2.45) is 0 Å². The molecule has 3 heteroatoms. The first kappa shape index (κ1) is 31.0. The molecule has 3 nitrogen and oxygen atoms in total. The summed E-state index contributed by atoms with van der Waals surface area (Å²) in [5, 5.41) is 2.41. The minimum atomic E-state index is 0.625. The van der Waals surface area contributed by atoms with E-state index < -0.39 is 0 Å². The topological polar surface area (TPSA) is 38.7 Å². The van der Waals surface area contributed by atoms with Gasteiger partial charge in [-0.3, -0.25) is 0 Å². The quantitative estimate of drug-likeness (QED) is 0.170. The fraction of sp³-hybridized carbons (Fsp3) is 0. The zero-order chi connectivity index (χ0) is 34.7. The zero-order valence-corrected chi connectivity index (χ0v) is 28.4. The van der Waals surface area contributed by atoms with E-state index in [0.29, 0.717) is 17.5 Å². The molecule has 1 heterocycles. The number of nitrogens with zero attached hydrogens (tertiary/aromatic N) is 3. The second kappa shape index (κ2) is 13.7. The van der Waals surface area contributed by atoms with Crippen molar-refractivity contribution in [1.82, 2.24) is 15.0 Å². The molecule has 0 aliphatic heterocycles. The molecule has 0 bridgehead atoms. The fourth-order valence-electron chi connectivity index (χ4n) is 6.88. The first-order valence-corrected chi connectivity index (χ1v) is 17.5. The lowest BCUT2D eigenvalue weighted by Gasteiger charge is -2.15. The van der Waals surface area contributed by atoms with Gasteiger partial charge in [0.1, 0.15) is 0 Å². The van der Waals surface area contributed by atoms with E-state index in [1.807, 2.05) is 18.2 Å². The van der Waals surface area contributed by atoms with Crippen molar-refractivity contribution >= 4 is 10.8 Å². The first-order valence-electron chi connectivity index (χ1n) is 17.5. The Balaban J connectivity index is 1.23. The van der Waals surface area contributed by atoms with Gasteiger partial charge in [0.15, 0.2) is 17.5 Å². The average molecular weight is 664 g/mol. The van der Waals surface area contributed by atoms with Crippen LogP contribution >= 0.6 is 0 Å². The summed E-state index contributed by atoms with van der Waals surface area (Å²) in [5.74, 6) is 1.88. The second-order valence-electron chi connectivity index (χ2n) is 12.8. The lowest BCUT2D eigenvalue weighted by atomic mass is 9.92. The maximum absolute atomic E-state index is 5.23. The summed E-state index contributed by atoms with van der Waals surface area (Å²) in [4.78, 5) is 15.6. The van der Waals surface area contributed by atoms with Gasteiger partial charge in [0.25, 0.3) is 0 Å². The van der Waals surface area contributed by atoms with Crippen LogP contribution < -0.4 is 0 Å². The van der Waals surface area contributed by atoms with Crippen LogP contribution in [0.4, 0.5) is 0 Å². The molecule has 0 saturated heterocycles. The molecule has 0 aliphatic rings. The Hall–Kier alpha value is -6.97. The average Bonchev–Trinajstić information content (AvgIpc) is 3.24. The molecule has 52 heavy (non-hydrogen) atoms. The normalized spacial score (nSPS) is 11.1. The largest absolute Gasteiger partial charge is 0.208 e. The van der Waals surface area contributed by atoms with Crippen LogP contribution in [0.3, 0.4) is 0 Å². The van der Waals surface area contributed by atoms with Crippen LogP contribution in [0.2, 0.25) is 0 Å². The van der Waals surface area contributed by atoms with Gasteiger partial charge in [-0.1, -0.05) is 194 Å². The highest BCUT2D eigenvalue weighted by atomic mass is 15.0. The number of hydrogen-bond acceptors (Lipinski definition) is 3. The van der Waals surface area contributed by atoms with Crippen LogP contribution in [0, 0.1) is 0 Å². The van der Waals surface area contributed by atoms with Crippen LogP contribution in [0.1, 0.15) is 0 Å². The van der Waals surface area contributed by atoms with Gasteiger partial charge < -0.3 is 0 Å². The summed E-state index contributed by atoms with van der Waals surface area (Å²) in [6.07, 6.45) is 0. The van der Waals surface area contributed by atoms with Gasteiger partial charge in [-0.25, -0.2) is 15.0 Å². The van der Waals surface area contributed by atoms with Crippen LogP contribution in [-0.4, -0.2) is 15.0 Å². The van der Waals surface area contributed by atoms with Gasteiger partial charge in [-0.2, -0.15) is 0 Å². The highest BCUT2D eigenvalue weighted by Crippen LogP contribution is 2.38. The van der Waals surface area contributed by atoms with Crippen molar-refractivity contribution in [3.63, 3.8) is 0 Å². The molecule has 0 fully saturated rings. The molecule has 0 radical (unpaired) electrons. The lowest BCUT2D eigenvalue weighted by molar-refractivity contribution is 1.07. The Morgan fingerprint density at radius 2 is 0.654 bits per heavy atom. The number of benzene rings is 8. The van der Waals surface area contributed by atoms with Gasteiger partial charge in [0, 0.05) is 16.7 Å². The Morgan fingerprint density at radius 1 is 0.231 bits per heavy atom. The highest BCUT2D eigenvalue weighted by molar-refractivity contribution is 5.98. The van der Waals surface area contributed by atoms with Crippen molar-refractivity contribution in [2.75, 3.05) is 0 Å². The van der Waals surface area contributed by atoms with E-state index in [0.717, 1.165) is 44.5 Å². The second-order valence-corrected chi connectivity index (χ2v) is 12.8. The zero-order valence-electron chi connectivity index (χ0n) is 28.4. The molecule has 0 atom stereocenters. The minimum absolute atomic E-state index is 0.625. The molecular weight excluding hydrogens is 631 g/mol. The Morgan fingerprint density at radius 3 is 1.23 bits per heavy atom. The van der Waals surface area contributed by atoms with E-state index in [1.54, 1.807) is 0 Å². The third kappa shape index (κ3) is 6.17. The van der Waals surface area contributed by atoms with E-state index in [4.69, 9.17) is 15.0 Å². The summed E-state index contributed by atoms with van der Waals surface area (Å²) in [6.45, 7) is 0. The molecule has 0 N–H and O–H groups in total. The van der Waals surface area contributed by atoms with E-state index in [1.165, 1.54) is 27.5 Å². The summed E-state index contributed by atoms with van der Waals surface area (Å²) in [7, 11) is 0. The Bertz CT molecular complexity index is 2530. The maximum atomic E-state index is 5.23. The SMILES string of the molecule is c1ccc(-c2ccc(-c3nc(-c4ccc(-c5ccccc5)cc4)nc(-c4cc(-c5cccc6ccccc56)ccc4-c4ccccc4)n3)cc2)cc1. The molecule has 0 aliphatic carbocycles. The maximum Gasteiger partial charge on any atom is 0.164 e. The van der Waals surface area contributed by atoms with E-state index in [9.17, 15) is 0 Å². The smallest absolute Gasteiger partial charge is 0.164 e. The molecule has 9 aromatic rings. The van der Waals surface area contributed by atoms with Crippen molar-refractivity contribution in [3.05, 3.63) is 200 Å². The fourth-order valence-corrected chi connectivity index (χ4v) is 6.88. The summed E-state index contributed by atoms with van der Waals surface area (Å²) in [5.41, 5.74) is 11.9. The van der Waals surface area contributed by atoms with Gasteiger partial charge in [0.05, 0.1) is 0 Å². The lowest BCUT2D eigenvalue weighted by Crippen LogP contribution is -2.01. The third-order valence-electron chi connectivity index (χ3n) is 9.58. The number of hydrogen-bond donors (Lipinski definition) is 0. The number of fused-ring (bicyclic) bond motifs is 1. The van der Waals surface area contributed by atoms with Crippen LogP contribution in [-0.2, 0) is 0 Å². The molecule has 0 saturated carbocycles. The van der Waals surface area contributed by atoms with Gasteiger partial charge in [-0.15, -0.1) is 0 Å². The molecule has 1 aromatic heterocycles. The molecular formula is C49H33N3. The van der Waals surface area contributed by atoms with Crippen LogP contribution in [0.15, 0.2) is 200 Å². The summed E-state index contributed by atoms with van der Waals surface area (Å²) >= 11 is 0. The molecule has 0 spiro atoms. The van der Waals surface area contributed by atoms with Gasteiger partial charge in [0.2, 0.25) is 0 Å². The van der Waals surface area contributed by atoms with E-state index in [2.05, 4.69) is 182 Å². The van der Waals surface area contributed by atoms with Gasteiger partial charge >= 0.3 is 0 Å². The molecule has 244 valence electrons. The predicted octanol–water partition coefficient (Wildman–Crippen LogP) is 12.7. The van der Waals surface area contributed by atoms with E-state index in [-0.39, 0.29) is 0 Å². The van der Waals surface area contributed by atoms with Crippen molar-refractivity contribution < 1.29 is 0 Å². The predicted molar refractivity (Wildman–Crippen MR) is 215 cm³/mol. The van der Waals surface area contributed by atoms with Crippen LogP contribution in [0.25, 0.3) is 89.4 Å². The van der Waals surface area contributed by atoms with E-state index >= 15 is 0 Å². The minimum Gasteiger partial charge on any atom is -0.208 e. The van der Waals surface area contributed by atoms with Crippen LogP contribution in [0.5, 0.6) is 0 Å².